The van der Waals surface area contributed by atoms with E-state index < -0.39 is 11.9 Å². The standard InChI is InChI=1S/C32H29N7O5/c1-17-15-24-26(18(2)39(31(24)42)23-11-9-20(10-12-23)27-19(3)44-38(5)32(27)43)28(33-17)30(41)34-22-8-6-7-21(16-22)29(40)35-25-13-14-37(4)36-25/h6-16,18H,1-5H3,(H,34,41)(H,35,36,40)/t18-/m1/s1. The van der Waals surface area contributed by atoms with Crippen LogP contribution in [0.3, 0.4) is 0 Å². The number of hydrogen-bond donors (Lipinski definition) is 2. The van der Waals surface area contributed by atoms with Crippen molar-refractivity contribution in [2.24, 2.45) is 14.1 Å². The summed E-state index contributed by atoms with van der Waals surface area (Å²) in [5.41, 5.74) is 3.76. The molecule has 2 aromatic carbocycles. The topological polar surface area (TPSA) is 144 Å². The SMILES string of the molecule is Cc1cc2c(c(C(=O)Nc3cccc(C(=O)Nc4ccn(C)n4)c3)n1)[C@@H](C)N(c1ccc(-c3c(C)on(C)c3=O)cc1)C2=O. The van der Waals surface area contributed by atoms with Crippen LogP contribution in [0, 0.1) is 13.8 Å². The van der Waals surface area contributed by atoms with Gasteiger partial charge in [-0.05, 0) is 62.7 Å². The van der Waals surface area contributed by atoms with Crippen molar-refractivity contribution in [3.63, 3.8) is 0 Å². The number of anilines is 3. The average molecular weight is 592 g/mol. The maximum Gasteiger partial charge on any atom is 0.290 e. The number of rotatable bonds is 6. The molecule has 3 aromatic heterocycles. The highest BCUT2D eigenvalue weighted by Gasteiger charge is 2.39. The van der Waals surface area contributed by atoms with Crippen molar-refractivity contribution in [1.29, 1.82) is 0 Å². The molecule has 2 N–H and O–H groups in total. The summed E-state index contributed by atoms with van der Waals surface area (Å²) < 4.78 is 8.16. The van der Waals surface area contributed by atoms with E-state index in [2.05, 4.69) is 20.7 Å². The maximum atomic E-state index is 13.7. The zero-order chi connectivity index (χ0) is 31.3. The van der Waals surface area contributed by atoms with E-state index in [1.165, 1.54) is 4.74 Å². The molecule has 0 bridgehead atoms. The second-order valence-electron chi connectivity index (χ2n) is 10.7. The first-order chi connectivity index (χ1) is 21.0. The number of nitrogens with one attached hydrogen (secondary N) is 2. The Hall–Kier alpha value is -5.78. The van der Waals surface area contributed by atoms with Gasteiger partial charge in [0.2, 0.25) is 0 Å². The molecule has 3 amide bonds. The summed E-state index contributed by atoms with van der Waals surface area (Å²) in [4.78, 5) is 58.7. The molecule has 0 aliphatic carbocycles. The Morgan fingerprint density at radius 2 is 1.68 bits per heavy atom. The Morgan fingerprint density at radius 1 is 0.932 bits per heavy atom. The van der Waals surface area contributed by atoms with Crippen LogP contribution >= 0.6 is 0 Å². The predicted octanol–water partition coefficient (Wildman–Crippen LogP) is 4.62. The summed E-state index contributed by atoms with van der Waals surface area (Å²) in [6.07, 6.45) is 1.72. The molecule has 0 saturated heterocycles. The number of fused-ring (bicyclic) bond motifs is 1. The van der Waals surface area contributed by atoms with Crippen LogP contribution in [0.25, 0.3) is 11.1 Å². The van der Waals surface area contributed by atoms with Crippen LogP contribution in [0.15, 0.2) is 76.2 Å². The Kier molecular flexibility index (Phi) is 6.96. The van der Waals surface area contributed by atoms with E-state index in [0.29, 0.717) is 56.5 Å². The van der Waals surface area contributed by atoms with Gasteiger partial charge in [-0.1, -0.05) is 18.2 Å². The zero-order valence-corrected chi connectivity index (χ0v) is 24.7. The molecular formula is C32H29N7O5. The van der Waals surface area contributed by atoms with Gasteiger partial charge in [-0.25, -0.2) is 4.98 Å². The minimum atomic E-state index is -0.504. The number of aryl methyl sites for hydroxylation is 4. The first kappa shape index (κ1) is 28.3. The number of benzene rings is 2. The van der Waals surface area contributed by atoms with Crippen molar-refractivity contribution in [2.75, 3.05) is 15.5 Å². The highest BCUT2D eigenvalue weighted by Crippen LogP contribution is 2.39. The highest BCUT2D eigenvalue weighted by atomic mass is 16.5. The lowest BCUT2D eigenvalue weighted by atomic mass is 10.0. The number of aromatic nitrogens is 4. The van der Waals surface area contributed by atoms with Crippen LogP contribution < -0.4 is 21.1 Å². The molecular weight excluding hydrogens is 562 g/mol. The fourth-order valence-corrected chi connectivity index (χ4v) is 5.55. The van der Waals surface area contributed by atoms with E-state index in [-0.39, 0.29) is 23.1 Å². The van der Waals surface area contributed by atoms with Gasteiger partial charge in [0.15, 0.2) is 5.82 Å². The second kappa shape index (κ2) is 10.8. The lowest BCUT2D eigenvalue weighted by Gasteiger charge is -2.23. The van der Waals surface area contributed by atoms with Gasteiger partial charge in [-0.2, -0.15) is 9.84 Å². The van der Waals surface area contributed by atoms with Gasteiger partial charge in [-0.3, -0.25) is 23.9 Å². The van der Waals surface area contributed by atoms with Crippen molar-refractivity contribution >= 4 is 34.9 Å². The van der Waals surface area contributed by atoms with Crippen LogP contribution in [-0.4, -0.2) is 37.2 Å². The Morgan fingerprint density at radius 3 is 2.34 bits per heavy atom. The third-order valence-electron chi connectivity index (χ3n) is 7.55. The zero-order valence-electron chi connectivity index (χ0n) is 24.7. The Labute approximate surface area is 251 Å². The molecule has 0 fully saturated rings. The Balaban J connectivity index is 1.26. The average Bonchev–Trinajstić information content (AvgIpc) is 3.60. The minimum absolute atomic E-state index is 0.126. The fourth-order valence-electron chi connectivity index (χ4n) is 5.55. The molecule has 222 valence electrons. The fraction of sp³-hybridized carbons (Fsp3) is 0.188. The van der Waals surface area contributed by atoms with E-state index in [9.17, 15) is 19.2 Å². The van der Waals surface area contributed by atoms with Crippen LogP contribution in [0.5, 0.6) is 0 Å². The van der Waals surface area contributed by atoms with Crippen LogP contribution in [0.2, 0.25) is 0 Å². The first-order valence-electron chi connectivity index (χ1n) is 13.9. The summed E-state index contributed by atoms with van der Waals surface area (Å²) in [7, 11) is 3.30. The van der Waals surface area contributed by atoms with Crippen LogP contribution in [0.1, 0.15) is 61.2 Å². The molecule has 1 atom stereocenters. The van der Waals surface area contributed by atoms with Gasteiger partial charge in [0.25, 0.3) is 23.3 Å². The van der Waals surface area contributed by atoms with Crippen molar-refractivity contribution in [2.45, 2.75) is 26.8 Å². The van der Waals surface area contributed by atoms with Gasteiger partial charge in [0.1, 0.15) is 11.5 Å². The predicted molar refractivity (Wildman–Crippen MR) is 164 cm³/mol. The smallest absolute Gasteiger partial charge is 0.290 e. The lowest BCUT2D eigenvalue weighted by molar-refractivity contribution is 0.0989. The molecule has 44 heavy (non-hydrogen) atoms. The molecule has 6 rings (SSSR count). The lowest BCUT2D eigenvalue weighted by Crippen LogP contribution is -2.26. The maximum absolute atomic E-state index is 13.7. The summed E-state index contributed by atoms with van der Waals surface area (Å²) in [5, 5.41) is 9.71. The molecule has 4 heterocycles. The van der Waals surface area contributed by atoms with E-state index in [4.69, 9.17) is 4.52 Å². The van der Waals surface area contributed by atoms with E-state index in [1.54, 1.807) is 104 Å². The number of carbonyl (C=O) groups is 3. The largest absolute Gasteiger partial charge is 0.381 e. The summed E-state index contributed by atoms with van der Waals surface area (Å²) in [5.74, 6) is -0.234. The van der Waals surface area contributed by atoms with E-state index in [0.717, 1.165) is 0 Å². The Bertz CT molecular complexity index is 2020. The molecule has 1 aliphatic heterocycles. The van der Waals surface area contributed by atoms with Crippen molar-refractivity contribution < 1.29 is 18.9 Å². The molecule has 0 radical (unpaired) electrons. The van der Waals surface area contributed by atoms with Crippen LogP contribution in [0.4, 0.5) is 17.2 Å². The van der Waals surface area contributed by atoms with Gasteiger partial charge >= 0.3 is 0 Å². The molecule has 0 saturated carbocycles. The van der Waals surface area contributed by atoms with Crippen molar-refractivity contribution in [1.82, 2.24) is 19.5 Å². The molecule has 5 aromatic rings. The number of nitrogens with zero attached hydrogens (tertiary/aromatic N) is 5. The van der Waals surface area contributed by atoms with Gasteiger partial charge in [0.05, 0.1) is 11.6 Å². The van der Waals surface area contributed by atoms with Crippen molar-refractivity contribution in [3.05, 3.63) is 111 Å². The third-order valence-corrected chi connectivity index (χ3v) is 7.55. The molecule has 12 heteroatoms. The number of hydrogen-bond acceptors (Lipinski definition) is 7. The highest BCUT2D eigenvalue weighted by molar-refractivity contribution is 6.15. The molecule has 0 unspecified atom stereocenters. The minimum Gasteiger partial charge on any atom is -0.381 e. The summed E-state index contributed by atoms with van der Waals surface area (Å²) in [6.45, 7) is 5.29. The van der Waals surface area contributed by atoms with Gasteiger partial charge in [0, 0.05) is 60.1 Å². The number of carbonyl (C=O) groups excluding carboxylic acids is 3. The molecule has 0 spiro atoms. The molecule has 1 aliphatic rings. The monoisotopic (exact) mass is 591 g/mol. The van der Waals surface area contributed by atoms with Crippen molar-refractivity contribution in [3.8, 4) is 11.1 Å². The van der Waals surface area contributed by atoms with Crippen LogP contribution in [-0.2, 0) is 14.1 Å². The number of amides is 3. The summed E-state index contributed by atoms with van der Waals surface area (Å²) >= 11 is 0. The van der Waals surface area contributed by atoms with E-state index in [1.807, 2.05) is 6.92 Å². The van der Waals surface area contributed by atoms with Gasteiger partial charge < -0.3 is 20.1 Å². The van der Waals surface area contributed by atoms with Gasteiger partial charge in [-0.15, -0.1) is 0 Å². The quantitative estimate of drug-likeness (QED) is 0.293. The second-order valence-corrected chi connectivity index (χ2v) is 10.7. The normalized spacial score (nSPS) is 14.1. The summed E-state index contributed by atoms with van der Waals surface area (Å²) in [6, 6.07) is 16.4. The third kappa shape index (κ3) is 4.96. The first-order valence-corrected chi connectivity index (χ1v) is 13.9. The molecule has 12 nitrogen and oxygen atoms in total. The van der Waals surface area contributed by atoms with E-state index >= 15 is 0 Å². The number of pyridine rings is 1.